The molecule has 1 N–H and O–H groups in total. The van der Waals surface area contributed by atoms with Gasteiger partial charge < -0.3 is 0 Å². The smallest absolute Gasteiger partial charge is 0.167 e. The number of hydrogen-bond donors (Lipinski definition) is 1. The number of carbonyl (C=O) groups is 1. The average molecular weight is 147 g/mol. The van der Waals surface area contributed by atoms with Gasteiger partial charge in [-0.15, -0.1) is 0 Å². The number of rotatable bonds is 1. The zero-order chi connectivity index (χ0) is 7.68. The van der Waals surface area contributed by atoms with Gasteiger partial charge in [-0.05, 0) is 5.56 Å². The van der Waals surface area contributed by atoms with Gasteiger partial charge in [0.2, 0.25) is 0 Å². The highest BCUT2D eigenvalue weighted by Crippen LogP contribution is 2.18. The standard InChI is InChI=1S/C9H9NO/c11-8-6-10-9(8)7-4-2-1-3-5-7/h1-5,9-10H,6H2. The van der Waals surface area contributed by atoms with Crippen LogP contribution in [0.4, 0.5) is 0 Å². The molecule has 1 aromatic carbocycles. The molecular formula is C9H9NO. The second-order valence-corrected chi connectivity index (χ2v) is 2.69. The molecule has 11 heavy (non-hydrogen) atoms. The van der Waals surface area contributed by atoms with E-state index in [0.29, 0.717) is 6.54 Å². The Bertz CT molecular complexity index is 268. The predicted molar refractivity (Wildman–Crippen MR) is 42.2 cm³/mol. The molecular weight excluding hydrogens is 138 g/mol. The fourth-order valence-electron chi connectivity index (χ4n) is 1.24. The maximum atomic E-state index is 11.0. The van der Waals surface area contributed by atoms with Crippen LogP contribution in [0.5, 0.6) is 0 Å². The van der Waals surface area contributed by atoms with Crippen molar-refractivity contribution >= 4 is 5.78 Å². The first-order chi connectivity index (χ1) is 5.38. The van der Waals surface area contributed by atoms with Crippen LogP contribution in [0.15, 0.2) is 30.3 Å². The third kappa shape index (κ3) is 1.05. The molecule has 1 fully saturated rings. The lowest BCUT2D eigenvalue weighted by atomic mass is 9.97. The van der Waals surface area contributed by atoms with E-state index in [1.165, 1.54) is 0 Å². The molecule has 0 aliphatic carbocycles. The zero-order valence-electron chi connectivity index (χ0n) is 6.08. The summed E-state index contributed by atoms with van der Waals surface area (Å²) in [6.45, 7) is 0.527. The van der Waals surface area contributed by atoms with Gasteiger partial charge >= 0.3 is 0 Å². The Morgan fingerprint density at radius 1 is 1.27 bits per heavy atom. The van der Waals surface area contributed by atoms with Gasteiger partial charge in [0.1, 0.15) is 0 Å². The van der Waals surface area contributed by atoms with E-state index < -0.39 is 0 Å². The lowest BCUT2D eigenvalue weighted by Gasteiger charge is -2.25. The molecule has 2 rings (SSSR count). The minimum absolute atomic E-state index is 0.0313. The highest BCUT2D eigenvalue weighted by Gasteiger charge is 2.27. The molecule has 0 spiro atoms. The Morgan fingerprint density at radius 2 is 2.00 bits per heavy atom. The quantitative estimate of drug-likeness (QED) is 0.639. The summed E-state index contributed by atoms with van der Waals surface area (Å²) in [5.41, 5.74) is 1.07. The molecule has 1 saturated heterocycles. The molecule has 2 nitrogen and oxygen atoms in total. The van der Waals surface area contributed by atoms with E-state index in [2.05, 4.69) is 5.32 Å². The summed E-state index contributed by atoms with van der Waals surface area (Å²) >= 11 is 0. The first-order valence-electron chi connectivity index (χ1n) is 3.69. The Balaban J connectivity index is 2.23. The zero-order valence-corrected chi connectivity index (χ0v) is 6.08. The summed E-state index contributed by atoms with van der Waals surface area (Å²) in [7, 11) is 0. The molecule has 0 radical (unpaired) electrons. The van der Waals surface area contributed by atoms with Crippen LogP contribution in [0.25, 0.3) is 0 Å². The molecule has 1 heterocycles. The number of Topliss-reactive ketones (excluding diaryl/α,β-unsaturated/α-hetero) is 1. The van der Waals surface area contributed by atoms with Crippen LogP contribution in [-0.2, 0) is 4.79 Å². The second-order valence-electron chi connectivity index (χ2n) is 2.69. The van der Waals surface area contributed by atoms with Gasteiger partial charge in [-0.3, -0.25) is 10.1 Å². The lowest BCUT2D eigenvalue weighted by molar-refractivity contribution is -0.125. The number of benzene rings is 1. The minimum atomic E-state index is -0.0313. The maximum absolute atomic E-state index is 11.0. The Labute approximate surface area is 65.2 Å². The minimum Gasteiger partial charge on any atom is -0.297 e. The van der Waals surface area contributed by atoms with Gasteiger partial charge in [-0.2, -0.15) is 0 Å². The Hall–Kier alpha value is -1.15. The molecule has 1 aliphatic heterocycles. The van der Waals surface area contributed by atoms with Crippen molar-refractivity contribution in [1.29, 1.82) is 0 Å². The second kappa shape index (κ2) is 2.47. The number of hydrogen-bond acceptors (Lipinski definition) is 2. The highest BCUT2D eigenvalue weighted by molar-refractivity contribution is 5.92. The van der Waals surface area contributed by atoms with Crippen LogP contribution in [0.1, 0.15) is 11.6 Å². The lowest BCUT2D eigenvalue weighted by Crippen LogP contribution is -2.46. The third-order valence-corrected chi connectivity index (χ3v) is 1.94. The van der Waals surface area contributed by atoms with Crippen molar-refractivity contribution in [2.24, 2.45) is 0 Å². The molecule has 0 aromatic heterocycles. The summed E-state index contributed by atoms with van der Waals surface area (Å²) < 4.78 is 0. The fourth-order valence-corrected chi connectivity index (χ4v) is 1.24. The number of carbonyl (C=O) groups excluding carboxylic acids is 1. The molecule has 0 amide bonds. The van der Waals surface area contributed by atoms with Crippen molar-refractivity contribution in [3.8, 4) is 0 Å². The summed E-state index contributed by atoms with van der Waals surface area (Å²) in [5.74, 6) is 0.288. The van der Waals surface area contributed by atoms with Crippen molar-refractivity contribution in [3.63, 3.8) is 0 Å². The number of nitrogens with one attached hydrogen (secondary N) is 1. The van der Waals surface area contributed by atoms with Crippen molar-refractivity contribution in [1.82, 2.24) is 5.32 Å². The molecule has 1 aliphatic rings. The first kappa shape index (κ1) is 6.55. The van der Waals surface area contributed by atoms with E-state index >= 15 is 0 Å². The molecule has 1 unspecified atom stereocenters. The van der Waals surface area contributed by atoms with Crippen molar-refractivity contribution in [2.45, 2.75) is 6.04 Å². The van der Waals surface area contributed by atoms with E-state index in [1.54, 1.807) is 0 Å². The normalized spacial score (nSPS) is 22.9. The summed E-state index contributed by atoms with van der Waals surface area (Å²) in [6, 6.07) is 9.75. The topological polar surface area (TPSA) is 29.1 Å². The van der Waals surface area contributed by atoms with E-state index in [4.69, 9.17) is 0 Å². The van der Waals surface area contributed by atoms with Gasteiger partial charge in [0, 0.05) is 0 Å². The van der Waals surface area contributed by atoms with E-state index in [1.807, 2.05) is 30.3 Å². The van der Waals surface area contributed by atoms with Crippen LogP contribution >= 0.6 is 0 Å². The summed E-state index contributed by atoms with van der Waals surface area (Å²) in [5, 5.41) is 3.06. The average Bonchev–Trinajstić information content (AvgIpc) is 2.04. The van der Waals surface area contributed by atoms with Crippen LogP contribution in [0.2, 0.25) is 0 Å². The molecule has 56 valence electrons. The summed E-state index contributed by atoms with van der Waals surface area (Å²) in [6.07, 6.45) is 0. The van der Waals surface area contributed by atoms with E-state index in [-0.39, 0.29) is 11.8 Å². The van der Waals surface area contributed by atoms with Gasteiger partial charge in [-0.1, -0.05) is 30.3 Å². The van der Waals surface area contributed by atoms with Crippen molar-refractivity contribution in [2.75, 3.05) is 6.54 Å². The molecule has 1 atom stereocenters. The van der Waals surface area contributed by atoms with Crippen LogP contribution in [0, 0.1) is 0 Å². The SMILES string of the molecule is O=C1CNC1c1ccccc1. The highest BCUT2D eigenvalue weighted by atomic mass is 16.1. The van der Waals surface area contributed by atoms with Gasteiger partial charge in [0.15, 0.2) is 5.78 Å². The fraction of sp³-hybridized carbons (Fsp3) is 0.222. The summed E-state index contributed by atoms with van der Waals surface area (Å²) in [4.78, 5) is 11.0. The predicted octanol–water partition coefficient (Wildman–Crippen LogP) is 0.900. The van der Waals surface area contributed by atoms with Gasteiger partial charge in [0.05, 0.1) is 12.6 Å². The Kier molecular flexibility index (Phi) is 1.47. The largest absolute Gasteiger partial charge is 0.297 e. The van der Waals surface area contributed by atoms with E-state index in [9.17, 15) is 4.79 Å². The number of ketones is 1. The molecule has 0 saturated carbocycles. The van der Waals surface area contributed by atoms with E-state index in [0.717, 1.165) is 5.56 Å². The first-order valence-corrected chi connectivity index (χ1v) is 3.69. The Morgan fingerprint density at radius 3 is 2.45 bits per heavy atom. The molecule has 1 aromatic rings. The van der Waals surface area contributed by atoms with Crippen LogP contribution in [-0.4, -0.2) is 12.3 Å². The molecule has 2 heteroatoms. The monoisotopic (exact) mass is 147 g/mol. The van der Waals surface area contributed by atoms with Gasteiger partial charge in [0.25, 0.3) is 0 Å². The van der Waals surface area contributed by atoms with Crippen molar-refractivity contribution in [3.05, 3.63) is 35.9 Å². The van der Waals surface area contributed by atoms with Crippen LogP contribution in [0.3, 0.4) is 0 Å². The maximum Gasteiger partial charge on any atom is 0.167 e. The van der Waals surface area contributed by atoms with Crippen molar-refractivity contribution < 1.29 is 4.79 Å². The van der Waals surface area contributed by atoms with Crippen LogP contribution < -0.4 is 5.32 Å². The third-order valence-electron chi connectivity index (χ3n) is 1.94. The van der Waals surface area contributed by atoms with Gasteiger partial charge in [-0.25, -0.2) is 0 Å². The molecule has 0 bridgehead atoms.